The van der Waals surface area contributed by atoms with E-state index in [1.807, 2.05) is 6.92 Å². The van der Waals surface area contributed by atoms with Gasteiger partial charge in [-0.3, -0.25) is 4.55 Å². The summed E-state index contributed by atoms with van der Waals surface area (Å²) in [4.78, 5) is 0. The Hall–Kier alpha value is -0.390. The molecular weight excluding hydrogens is 298 g/mol. The lowest BCUT2D eigenvalue weighted by atomic mass is 10.0. The first-order valence-electron chi connectivity index (χ1n) is 8.56. The minimum atomic E-state index is -3.85. The van der Waals surface area contributed by atoms with Gasteiger partial charge in [-0.05, 0) is 19.8 Å². The van der Waals surface area contributed by atoms with Crippen LogP contribution in [-0.4, -0.2) is 18.7 Å². The Bertz CT molecular complexity index is 364. The second kappa shape index (κ2) is 15.5. The zero-order chi connectivity index (χ0) is 16.0. The second-order valence-corrected chi connectivity index (χ2v) is 7.58. The van der Waals surface area contributed by atoms with Crippen LogP contribution in [0, 0.1) is 0 Å². The van der Waals surface area contributed by atoms with Gasteiger partial charge in [-0.2, -0.15) is 8.42 Å². The molecule has 0 saturated carbocycles. The smallest absolute Gasteiger partial charge is 0.268 e. The predicted molar refractivity (Wildman–Crippen MR) is 96.3 cm³/mol. The third-order valence-corrected chi connectivity index (χ3v) is 4.40. The van der Waals surface area contributed by atoms with Gasteiger partial charge in [-0.25, -0.2) is 0 Å². The van der Waals surface area contributed by atoms with Crippen molar-refractivity contribution in [2.75, 3.05) is 5.75 Å². The van der Waals surface area contributed by atoms with Gasteiger partial charge in [0.25, 0.3) is 10.1 Å². The monoisotopic (exact) mass is 335 g/mol. The molecule has 22 heavy (non-hydrogen) atoms. The van der Waals surface area contributed by atoms with Crippen molar-refractivity contribution in [3.8, 4) is 0 Å². The molecule has 0 saturated heterocycles. The molecule has 0 aliphatic heterocycles. The summed E-state index contributed by atoms with van der Waals surface area (Å²) in [5.41, 5.74) is 1.06. The standard InChI is InChI=1S/C17H34O3S.H3N/c1-3-4-5-6-7-8-9-10-11-12-13-14-17(2)15-16-21(18,19)20;/h15H,3-14,16H2,1-2H3,(H,18,19,20);1H3. The van der Waals surface area contributed by atoms with Crippen molar-refractivity contribution >= 4 is 10.1 Å². The molecular formula is C17H37NO3S. The molecule has 0 radical (unpaired) electrons. The van der Waals surface area contributed by atoms with Gasteiger partial charge >= 0.3 is 0 Å². The van der Waals surface area contributed by atoms with Gasteiger partial charge in [-0.15, -0.1) is 0 Å². The SMILES string of the molecule is CCCCCCCCCCCCCC(C)=CCS(=O)(=O)O.N. The van der Waals surface area contributed by atoms with E-state index in [4.69, 9.17) is 4.55 Å². The van der Waals surface area contributed by atoms with E-state index in [2.05, 4.69) is 6.92 Å². The summed E-state index contributed by atoms with van der Waals surface area (Å²) in [6.07, 6.45) is 17.1. The van der Waals surface area contributed by atoms with Crippen molar-refractivity contribution in [1.29, 1.82) is 0 Å². The molecule has 0 amide bonds. The van der Waals surface area contributed by atoms with E-state index in [0.29, 0.717) is 0 Å². The molecule has 134 valence electrons. The van der Waals surface area contributed by atoms with Gasteiger partial charge in [-0.1, -0.05) is 82.8 Å². The zero-order valence-electron chi connectivity index (χ0n) is 14.6. The molecule has 0 aliphatic carbocycles. The Kier molecular flexibility index (Phi) is 16.8. The largest absolute Gasteiger partial charge is 0.344 e. The molecule has 0 bridgehead atoms. The van der Waals surface area contributed by atoms with E-state index >= 15 is 0 Å². The molecule has 0 atom stereocenters. The summed E-state index contributed by atoms with van der Waals surface area (Å²) >= 11 is 0. The highest BCUT2D eigenvalue weighted by Crippen LogP contribution is 2.13. The molecule has 0 aliphatic rings. The molecule has 0 spiro atoms. The Labute approximate surface area is 138 Å². The van der Waals surface area contributed by atoms with Crippen LogP contribution < -0.4 is 6.15 Å². The van der Waals surface area contributed by atoms with Crippen LogP contribution in [-0.2, 0) is 10.1 Å². The summed E-state index contributed by atoms with van der Waals surface area (Å²) in [7, 11) is -3.85. The average Bonchev–Trinajstić information content (AvgIpc) is 2.42. The first kappa shape index (κ1) is 23.9. The summed E-state index contributed by atoms with van der Waals surface area (Å²) < 4.78 is 29.9. The highest BCUT2D eigenvalue weighted by molar-refractivity contribution is 7.85. The Balaban J connectivity index is 0. The molecule has 0 fully saturated rings. The van der Waals surface area contributed by atoms with E-state index in [9.17, 15) is 8.42 Å². The van der Waals surface area contributed by atoms with Crippen LogP contribution in [0.15, 0.2) is 11.6 Å². The maximum absolute atomic E-state index is 10.6. The maximum Gasteiger partial charge on any atom is 0.268 e. The highest BCUT2D eigenvalue weighted by atomic mass is 32.2. The molecule has 0 aromatic heterocycles. The van der Waals surface area contributed by atoms with Gasteiger partial charge in [0.15, 0.2) is 0 Å². The number of hydrogen-bond acceptors (Lipinski definition) is 3. The van der Waals surface area contributed by atoms with Crippen LogP contribution in [0.1, 0.15) is 90.9 Å². The van der Waals surface area contributed by atoms with Gasteiger partial charge in [0.2, 0.25) is 0 Å². The molecule has 0 rings (SSSR count). The molecule has 4 N–H and O–H groups in total. The van der Waals surface area contributed by atoms with Crippen molar-refractivity contribution in [3.63, 3.8) is 0 Å². The van der Waals surface area contributed by atoms with Crippen molar-refractivity contribution in [2.45, 2.75) is 90.9 Å². The number of hydrogen-bond donors (Lipinski definition) is 2. The summed E-state index contributed by atoms with van der Waals surface area (Å²) in [5.74, 6) is -0.253. The average molecular weight is 336 g/mol. The zero-order valence-corrected chi connectivity index (χ0v) is 15.5. The summed E-state index contributed by atoms with van der Waals surface area (Å²) in [6.45, 7) is 4.18. The van der Waals surface area contributed by atoms with Gasteiger partial charge in [0.1, 0.15) is 0 Å². The van der Waals surface area contributed by atoms with Gasteiger partial charge in [0.05, 0.1) is 5.75 Å². The van der Waals surface area contributed by atoms with Crippen molar-refractivity contribution in [1.82, 2.24) is 6.15 Å². The molecule has 0 aromatic carbocycles. The van der Waals surface area contributed by atoms with Crippen LogP contribution in [0.5, 0.6) is 0 Å². The van der Waals surface area contributed by atoms with E-state index in [0.717, 1.165) is 18.4 Å². The predicted octanol–water partition coefficient (Wildman–Crippen LogP) is 5.68. The first-order chi connectivity index (χ1) is 9.95. The van der Waals surface area contributed by atoms with Crippen molar-refractivity contribution < 1.29 is 13.0 Å². The molecule has 0 aromatic rings. The third kappa shape index (κ3) is 19.6. The van der Waals surface area contributed by atoms with Crippen LogP contribution >= 0.6 is 0 Å². The van der Waals surface area contributed by atoms with Crippen LogP contribution in [0.4, 0.5) is 0 Å². The van der Waals surface area contributed by atoms with Gasteiger partial charge in [0, 0.05) is 0 Å². The van der Waals surface area contributed by atoms with Crippen molar-refractivity contribution in [2.24, 2.45) is 0 Å². The molecule has 0 unspecified atom stereocenters. The van der Waals surface area contributed by atoms with E-state index in [1.165, 1.54) is 64.2 Å². The summed E-state index contributed by atoms with van der Waals surface area (Å²) in [6, 6.07) is 0. The lowest BCUT2D eigenvalue weighted by molar-refractivity contribution is 0.486. The normalized spacial score (nSPS) is 12.2. The quantitative estimate of drug-likeness (QED) is 0.242. The third-order valence-electron chi connectivity index (χ3n) is 3.82. The Morgan fingerprint density at radius 3 is 1.68 bits per heavy atom. The lowest BCUT2D eigenvalue weighted by Crippen LogP contribution is -2.01. The number of allylic oxidation sites excluding steroid dienone is 1. The highest BCUT2D eigenvalue weighted by Gasteiger charge is 2.01. The number of rotatable bonds is 14. The fourth-order valence-corrected chi connectivity index (χ4v) is 2.91. The maximum atomic E-state index is 10.6. The lowest BCUT2D eigenvalue weighted by Gasteiger charge is -2.03. The minimum absolute atomic E-state index is 0. The Morgan fingerprint density at radius 1 is 0.864 bits per heavy atom. The Morgan fingerprint density at radius 2 is 1.27 bits per heavy atom. The topological polar surface area (TPSA) is 89.4 Å². The minimum Gasteiger partial charge on any atom is -0.344 e. The molecule has 0 heterocycles. The van der Waals surface area contributed by atoms with E-state index < -0.39 is 10.1 Å². The first-order valence-corrected chi connectivity index (χ1v) is 10.2. The molecule has 4 nitrogen and oxygen atoms in total. The molecule has 5 heteroatoms. The second-order valence-electron chi connectivity index (χ2n) is 6.08. The summed E-state index contributed by atoms with van der Waals surface area (Å²) in [5, 5.41) is 0. The van der Waals surface area contributed by atoms with E-state index in [-0.39, 0.29) is 11.9 Å². The van der Waals surface area contributed by atoms with Gasteiger partial charge < -0.3 is 6.15 Å². The fraction of sp³-hybridized carbons (Fsp3) is 0.882. The van der Waals surface area contributed by atoms with Crippen molar-refractivity contribution in [3.05, 3.63) is 11.6 Å². The van der Waals surface area contributed by atoms with E-state index in [1.54, 1.807) is 6.08 Å². The fourth-order valence-electron chi connectivity index (χ4n) is 2.42. The van der Waals surface area contributed by atoms with Crippen LogP contribution in [0.25, 0.3) is 0 Å². The van der Waals surface area contributed by atoms with Crippen LogP contribution in [0.3, 0.4) is 0 Å². The number of unbranched alkanes of at least 4 members (excludes halogenated alkanes) is 10. The van der Waals surface area contributed by atoms with Crippen LogP contribution in [0.2, 0.25) is 0 Å².